The van der Waals surface area contributed by atoms with Crippen LogP contribution < -0.4 is 9.80 Å². The zero-order valence-corrected chi connectivity index (χ0v) is 31.1. The number of para-hydroxylation sites is 5. The molecule has 0 saturated carbocycles. The van der Waals surface area contributed by atoms with E-state index in [1.54, 1.807) is 6.92 Å². The molecule has 5 heteroatoms. The Morgan fingerprint density at radius 2 is 0.854 bits per heavy atom. The number of hydrogen-bond acceptors (Lipinski definition) is 2. The molecule has 7 aromatic rings. The molecule has 6 aromatic carbocycles. The summed E-state index contributed by atoms with van der Waals surface area (Å²) in [6.45, 7) is 2.25. The molecule has 0 unspecified atom stereocenters. The second-order valence-electron chi connectivity index (χ2n) is 10.5. The van der Waals surface area contributed by atoms with Crippen LogP contribution in [0.15, 0.2) is 164 Å². The van der Waals surface area contributed by atoms with Gasteiger partial charge >= 0.3 is 0 Å². The molecule has 0 aliphatic carbocycles. The molecule has 0 aliphatic rings. The first-order chi connectivity index (χ1) is 22.6. The minimum atomic E-state index is 0. The van der Waals surface area contributed by atoms with Crippen molar-refractivity contribution in [1.29, 1.82) is 0 Å². The Labute approximate surface area is 316 Å². The summed E-state index contributed by atoms with van der Waals surface area (Å²) in [5.74, 6) is 4.43. The van der Waals surface area contributed by atoms with E-state index >= 15 is 0 Å². The summed E-state index contributed by atoms with van der Waals surface area (Å²) < 4.78 is 2.18. The first-order valence-electron chi connectivity index (χ1n) is 15.1. The Kier molecular flexibility index (Phi) is 15.1. The third kappa shape index (κ3) is 9.23. The van der Waals surface area contributed by atoms with Gasteiger partial charge in [-0.3, -0.25) is 5.92 Å². The van der Waals surface area contributed by atoms with Crippen molar-refractivity contribution in [2.24, 2.45) is 7.05 Å². The van der Waals surface area contributed by atoms with Crippen molar-refractivity contribution in [3.05, 3.63) is 182 Å². The number of nitrogens with zero attached hydrogens (tertiary/aromatic N) is 3. The van der Waals surface area contributed by atoms with Crippen LogP contribution in [-0.4, -0.2) is 11.2 Å². The van der Waals surface area contributed by atoms with E-state index in [-0.39, 0.29) is 44.8 Å². The number of fused-ring (bicyclic) bond motifs is 3. The van der Waals surface area contributed by atoms with E-state index in [0.29, 0.717) is 6.67 Å². The van der Waals surface area contributed by atoms with Gasteiger partial charge in [0.25, 0.3) is 0 Å². The smallest absolute Gasteiger partial charge is 0.0999 e. The number of anilines is 4. The molecule has 0 spiro atoms. The molecule has 48 heavy (non-hydrogen) atoms. The largest absolute Gasteiger partial charge is 0.694 e. The summed E-state index contributed by atoms with van der Waals surface area (Å²) in [4.78, 5) is 4.67. The fourth-order valence-corrected chi connectivity index (χ4v) is 5.44. The standard InChI is InChI=1S/C25H22N2.C15H10N.C3H3.2Au/c1-5-13-22(14-6-1)26(23-15-7-2-8-16-23)21-27(24-17-9-3-10-18-24)25-19-11-4-12-20-25;1-3-11-8-9-15-13(10-11)12-6-4-5-7-14(12)16(15)2;1-3-2;;/h1-20H,21H2;4-10H,2H3;1H3;;/q;2*-1;;. The Balaban J connectivity index is 0.000000254. The van der Waals surface area contributed by atoms with Crippen molar-refractivity contribution in [3.8, 4) is 11.8 Å². The van der Waals surface area contributed by atoms with Crippen molar-refractivity contribution in [1.82, 2.24) is 4.57 Å². The predicted molar refractivity (Wildman–Crippen MR) is 194 cm³/mol. The fourth-order valence-electron chi connectivity index (χ4n) is 5.44. The minimum absolute atomic E-state index is 0. The molecule has 1 aromatic heterocycles. The second kappa shape index (κ2) is 19.2. The third-order valence-corrected chi connectivity index (χ3v) is 7.61. The average Bonchev–Trinajstić information content (AvgIpc) is 3.41. The van der Waals surface area contributed by atoms with E-state index in [2.05, 4.69) is 161 Å². The van der Waals surface area contributed by atoms with Gasteiger partial charge in [-0.05, 0) is 66.9 Å². The van der Waals surface area contributed by atoms with Crippen LogP contribution in [-0.2, 0) is 51.8 Å². The summed E-state index contributed by atoms with van der Waals surface area (Å²) in [7, 11) is 2.07. The van der Waals surface area contributed by atoms with E-state index < -0.39 is 0 Å². The first-order valence-corrected chi connectivity index (χ1v) is 15.1. The molecule has 0 N–H and O–H groups in total. The number of aromatic nitrogens is 1. The Morgan fingerprint density at radius 1 is 0.500 bits per heavy atom. The second-order valence-corrected chi connectivity index (χ2v) is 10.5. The minimum Gasteiger partial charge on any atom is -0.694 e. The zero-order chi connectivity index (χ0) is 32.1. The van der Waals surface area contributed by atoms with E-state index in [0.717, 1.165) is 5.56 Å². The van der Waals surface area contributed by atoms with Crippen molar-refractivity contribution in [2.45, 2.75) is 6.92 Å². The summed E-state index contributed by atoms with van der Waals surface area (Å²) in [5, 5.41) is 2.42. The molecule has 3 nitrogen and oxygen atoms in total. The molecule has 0 aliphatic heterocycles. The number of aryl methyl sites for hydroxylation is 1. The zero-order valence-electron chi connectivity index (χ0n) is 26.7. The number of rotatable bonds is 6. The molecule has 1 heterocycles. The van der Waals surface area contributed by atoms with E-state index in [9.17, 15) is 0 Å². The first kappa shape index (κ1) is 37.8. The van der Waals surface area contributed by atoms with E-state index in [1.807, 2.05) is 36.3 Å². The Hall–Kier alpha value is -4.68. The monoisotopic (exact) mass is 987 g/mol. The fraction of sp³-hybridized carbons (Fsp3) is 0.0698. The molecule has 2 radical (unpaired) electrons. The quantitative estimate of drug-likeness (QED) is 0.0712. The van der Waals surface area contributed by atoms with Crippen LogP contribution >= 0.6 is 0 Å². The van der Waals surface area contributed by atoms with Gasteiger partial charge in [-0.25, -0.2) is 0 Å². The average molecular weight is 988 g/mol. The molecular formula is C43H35Au2N3-2. The number of hydrogen-bond donors (Lipinski definition) is 0. The Bertz CT molecular complexity index is 1900. The third-order valence-electron chi connectivity index (χ3n) is 7.61. The number of benzene rings is 6. The molecule has 0 saturated heterocycles. The van der Waals surface area contributed by atoms with E-state index in [4.69, 9.17) is 12.8 Å². The molecule has 0 fully saturated rings. The van der Waals surface area contributed by atoms with Crippen LogP contribution in [0.25, 0.3) is 21.8 Å². The van der Waals surface area contributed by atoms with Gasteiger partial charge < -0.3 is 33.1 Å². The van der Waals surface area contributed by atoms with Crippen LogP contribution in [0.4, 0.5) is 22.7 Å². The van der Waals surface area contributed by atoms with Gasteiger partial charge in [0.15, 0.2) is 0 Å². The van der Waals surface area contributed by atoms with Gasteiger partial charge in [-0.2, -0.15) is 0 Å². The van der Waals surface area contributed by atoms with Crippen LogP contribution in [0.3, 0.4) is 0 Å². The maximum atomic E-state index is 7.18. The summed E-state index contributed by atoms with van der Waals surface area (Å²) in [5.41, 5.74) is 7.91. The summed E-state index contributed by atoms with van der Waals surface area (Å²) in [6, 6.07) is 56.4. The van der Waals surface area contributed by atoms with Crippen LogP contribution in [0.1, 0.15) is 12.5 Å². The summed E-state index contributed by atoms with van der Waals surface area (Å²) in [6.07, 6.45) is 13.1. The molecule has 0 atom stereocenters. The maximum Gasteiger partial charge on any atom is 0.0999 e. The van der Waals surface area contributed by atoms with Crippen LogP contribution in [0.5, 0.6) is 0 Å². The van der Waals surface area contributed by atoms with Crippen molar-refractivity contribution in [2.75, 3.05) is 16.5 Å². The molecule has 0 bridgehead atoms. The van der Waals surface area contributed by atoms with Crippen molar-refractivity contribution >= 4 is 44.6 Å². The normalized spacial score (nSPS) is 9.58. The van der Waals surface area contributed by atoms with Gasteiger partial charge in [0.1, 0.15) is 0 Å². The SMILES string of the molecule is [Au].[Au].[C-]#CC.[C-]#Cc1ccc2c(c1)c1ccccc1n2C.c1ccc(N(CN(c2ccccc2)c2ccccc2)c2ccccc2)cc1. The predicted octanol–water partition coefficient (Wildman–Crippen LogP) is 10.5. The molecule has 7 rings (SSSR count). The molecular weight excluding hydrogens is 952 g/mol. The van der Waals surface area contributed by atoms with Gasteiger partial charge in [0.05, 0.1) is 6.67 Å². The maximum absolute atomic E-state index is 7.18. The molecule has 0 amide bonds. The van der Waals surface area contributed by atoms with Gasteiger partial charge in [0, 0.05) is 91.0 Å². The summed E-state index contributed by atoms with van der Waals surface area (Å²) >= 11 is 0. The van der Waals surface area contributed by atoms with E-state index in [1.165, 1.54) is 44.6 Å². The van der Waals surface area contributed by atoms with Gasteiger partial charge in [-0.15, -0.1) is 17.7 Å². The van der Waals surface area contributed by atoms with Crippen LogP contribution in [0, 0.1) is 24.7 Å². The topological polar surface area (TPSA) is 11.4 Å². The van der Waals surface area contributed by atoms with Gasteiger partial charge in [0.2, 0.25) is 0 Å². The van der Waals surface area contributed by atoms with Crippen molar-refractivity contribution < 1.29 is 44.8 Å². The van der Waals surface area contributed by atoms with Crippen LogP contribution in [0.2, 0.25) is 0 Å². The molecule has 246 valence electrons. The van der Waals surface area contributed by atoms with Crippen molar-refractivity contribution in [3.63, 3.8) is 0 Å². The Morgan fingerprint density at radius 3 is 1.25 bits per heavy atom. The van der Waals surface area contributed by atoms with Gasteiger partial charge in [-0.1, -0.05) is 97.1 Å².